The topological polar surface area (TPSA) is 87.7 Å². The summed E-state index contributed by atoms with van der Waals surface area (Å²) in [6, 6.07) is 15.1. The second-order valence-corrected chi connectivity index (χ2v) is 8.82. The molecule has 2 aromatic rings. The number of amides is 1. The maximum Gasteiger partial charge on any atom is 0.241 e. The molecule has 0 aliphatic heterocycles. The van der Waals surface area contributed by atoms with Crippen molar-refractivity contribution in [2.24, 2.45) is 0 Å². The van der Waals surface area contributed by atoms with E-state index in [1.165, 1.54) is 12.1 Å². The molecule has 0 aliphatic carbocycles. The molecule has 0 saturated carbocycles. The van der Waals surface area contributed by atoms with Crippen LogP contribution in [0.3, 0.4) is 0 Å². The summed E-state index contributed by atoms with van der Waals surface area (Å²) in [5.41, 5.74) is 0.541. The highest BCUT2D eigenvalue weighted by Crippen LogP contribution is 2.15. The fourth-order valence-corrected chi connectivity index (χ4v) is 3.81. The smallest absolute Gasteiger partial charge is 0.241 e. The van der Waals surface area contributed by atoms with Crippen molar-refractivity contribution in [3.63, 3.8) is 0 Å². The van der Waals surface area contributed by atoms with Gasteiger partial charge in [-0.05, 0) is 64.2 Å². The van der Waals surface area contributed by atoms with Crippen molar-refractivity contribution >= 4 is 21.6 Å². The lowest BCUT2D eigenvalue weighted by atomic mass is 10.2. The molecule has 0 unspecified atom stereocenters. The number of rotatable bonds is 10. The Morgan fingerprint density at radius 3 is 2.24 bits per heavy atom. The minimum Gasteiger partial charge on any atom is -0.492 e. The molecule has 8 heteroatoms. The summed E-state index contributed by atoms with van der Waals surface area (Å²) in [7, 11) is -1.70. The van der Waals surface area contributed by atoms with E-state index < -0.39 is 10.0 Å². The molecule has 0 radical (unpaired) electrons. The Balaban J connectivity index is 1.86. The third-order valence-electron chi connectivity index (χ3n) is 4.32. The van der Waals surface area contributed by atoms with Crippen LogP contribution in [0.25, 0.3) is 0 Å². The van der Waals surface area contributed by atoms with Gasteiger partial charge >= 0.3 is 0 Å². The number of para-hydroxylation sites is 1. The van der Waals surface area contributed by atoms with Crippen molar-refractivity contribution in [3.8, 4) is 5.75 Å². The number of carbonyl (C=O) groups excluding carboxylic acids is 1. The van der Waals surface area contributed by atoms with Crippen LogP contribution < -0.4 is 14.8 Å². The zero-order valence-corrected chi connectivity index (χ0v) is 18.1. The van der Waals surface area contributed by atoms with Crippen molar-refractivity contribution in [3.05, 3.63) is 54.6 Å². The highest BCUT2D eigenvalue weighted by Gasteiger charge is 2.19. The van der Waals surface area contributed by atoms with Crippen LogP contribution in [0, 0.1) is 0 Å². The van der Waals surface area contributed by atoms with E-state index in [2.05, 4.69) is 10.0 Å². The number of sulfonamides is 1. The number of hydrogen-bond acceptors (Lipinski definition) is 5. The molecule has 2 N–H and O–H groups in total. The standard InChI is InChI=1S/C21H29N3O4S/c1-16(2)23-29(26,27)20-12-10-18(11-13-20)22-21(25)17(3)24(4)14-15-28-19-8-6-5-7-9-19/h5-13,16-17,23H,14-15H2,1-4H3,(H,22,25)/t17-/m1/s1. The highest BCUT2D eigenvalue weighted by atomic mass is 32.2. The maximum absolute atomic E-state index is 12.5. The van der Waals surface area contributed by atoms with Gasteiger partial charge in [-0.1, -0.05) is 18.2 Å². The van der Waals surface area contributed by atoms with Crippen molar-refractivity contribution < 1.29 is 17.9 Å². The lowest BCUT2D eigenvalue weighted by Gasteiger charge is -2.24. The predicted octanol–water partition coefficient (Wildman–Crippen LogP) is 2.71. The molecular weight excluding hydrogens is 390 g/mol. The number of nitrogens with zero attached hydrogens (tertiary/aromatic N) is 1. The van der Waals surface area contributed by atoms with Crippen LogP contribution in [0.1, 0.15) is 20.8 Å². The van der Waals surface area contributed by atoms with Gasteiger partial charge in [0.2, 0.25) is 15.9 Å². The Morgan fingerprint density at radius 2 is 1.66 bits per heavy atom. The van der Waals surface area contributed by atoms with Gasteiger partial charge in [0, 0.05) is 18.3 Å². The van der Waals surface area contributed by atoms with E-state index in [9.17, 15) is 13.2 Å². The molecule has 29 heavy (non-hydrogen) atoms. The van der Waals surface area contributed by atoms with Crippen molar-refractivity contribution in [2.45, 2.75) is 37.8 Å². The summed E-state index contributed by atoms with van der Waals surface area (Å²) >= 11 is 0. The summed E-state index contributed by atoms with van der Waals surface area (Å²) in [5, 5.41) is 2.81. The second kappa shape index (κ2) is 10.4. The fourth-order valence-electron chi connectivity index (χ4n) is 2.56. The van der Waals surface area contributed by atoms with E-state index in [1.54, 1.807) is 26.0 Å². The molecule has 0 heterocycles. The largest absolute Gasteiger partial charge is 0.492 e. The first-order valence-electron chi connectivity index (χ1n) is 9.50. The summed E-state index contributed by atoms with van der Waals surface area (Å²) in [5.74, 6) is 0.614. The SMILES string of the molecule is CC(C)NS(=O)(=O)c1ccc(NC(=O)[C@@H](C)N(C)CCOc2ccccc2)cc1. The summed E-state index contributed by atoms with van der Waals surface area (Å²) in [6.07, 6.45) is 0. The van der Waals surface area contributed by atoms with Gasteiger partial charge in [-0.25, -0.2) is 13.1 Å². The Morgan fingerprint density at radius 1 is 1.03 bits per heavy atom. The van der Waals surface area contributed by atoms with Crippen molar-refractivity contribution in [1.29, 1.82) is 0 Å². The van der Waals surface area contributed by atoms with Gasteiger partial charge in [0.25, 0.3) is 0 Å². The van der Waals surface area contributed by atoms with Crippen molar-refractivity contribution in [1.82, 2.24) is 9.62 Å². The molecule has 2 aromatic carbocycles. The lowest BCUT2D eigenvalue weighted by molar-refractivity contribution is -0.120. The Hall–Kier alpha value is -2.42. The van der Waals surface area contributed by atoms with E-state index in [0.29, 0.717) is 18.8 Å². The minimum atomic E-state index is -3.55. The first-order chi connectivity index (χ1) is 13.7. The molecular formula is C21H29N3O4S. The first-order valence-corrected chi connectivity index (χ1v) is 11.0. The van der Waals surface area contributed by atoms with Gasteiger partial charge in [0.15, 0.2) is 0 Å². The monoisotopic (exact) mass is 419 g/mol. The number of anilines is 1. The van der Waals surface area contributed by atoms with Gasteiger partial charge in [-0.15, -0.1) is 0 Å². The molecule has 158 valence electrons. The summed E-state index contributed by atoms with van der Waals surface area (Å²) in [4.78, 5) is 14.5. The third kappa shape index (κ3) is 7.16. The first kappa shape index (κ1) is 22.9. The lowest BCUT2D eigenvalue weighted by Crippen LogP contribution is -2.41. The maximum atomic E-state index is 12.5. The molecule has 0 spiro atoms. The van der Waals surface area contributed by atoms with Gasteiger partial charge < -0.3 is 10.1 Å². The molecule has 2 rings (SSSR count). The van der Waals surface area contributed by atoms with Crippen LogP contribution in [-0.4, -0.2) is 51.5 Å². The Labute approximate surface area is 173 Å². The second-order valence-electron chi connectivity index (χ2n) is 7.11. The molecule has 0 fully saturated rings. The van der Waals surface area contributed by atoms with Gasteiger partial charge in [0.05, 0.1) is 10.9 Å². The molecule has 1 amide bonds. The van der Waals surface area contributed by atoms with Crippen LogP contribution in [-0.2, 0) is 14.8 Å². The molecule has 0 bridgehead atoms. The number of carbonyl (C=O) groups is 1. The van der Waals surface area contributed by atoms with Gasteiger partial charge in [0.1, 0.15) is 12.4 Å². The number of hydrogen-bond donors (Lipinski definition) is 2. The number of ether oxygens (including phenoxy) is 1. The van der Waals surface area contributed by atoms with E-state index >= 15 is 0 Å². The van der Waals surface area contributed by atoms with E-state index in [0.717, 1.165) is 5.75 Å². The summed E-state index contributed by atoms with van der Waals surface area (Å²) in [6.45, 7) is 6.38. The van der Waals surface area contributed by atoms with E-state index in [1.807, 2.05) is 49.2 Å². The molecule has 0 saturated heterocycles. The van der Waals surface area contributed by atoms with Crippen LogP contribution in [0.2, 0.25) is 0 Å². The van der Waals surface area contributed by atoms with Gasteiger partial charge in [-0.2, -0.15) is 0 Å². The van der Waals surface area contributed by atoms with Crippen molar-refractivity contribution in [2.75, 3.05) is 25.5 Å². The zero-order valence-electron chi connectivity index (χ0n) is 17.3. The zero-order chi connectivity index (χ0) is 21.4. The fraction of sp³-hybridized carbons (Fsp3) is 0.381. The Bertz CT molecular complexity index is 884. The average molecular weight is 420 g/mol. The Kier molecular flexibility index (Phi) is 8.19. The minimum absolute atomic E-state index is 0.160. The van der Waals surface area contributed by atoms with Crippen LogP contribution in [0.15, 0.2) is 59.5 Å². The molecule has 0 aliphatic rings. The normalized spacial score (nSPS) is 12.8. The number of likely N-dealkylation sites (N-methyl/N-ethyl adjacent to an activating group) is 1. The quantitative estimate of drug-likeness (QED) is 0.618. The number of nitrogens with one attached hydrogen (secondary N) is 2. The number of benzene rings is 2. The molecule has 0 aromatic heterocycles. The van der Waals surface area contributed by atoms with Gasteiger partial charge in [-0.3, -0.25) is 9.69 Å². The van der Waals surface area contributed by atoms with Crippen LogP contribution in [0.4, 0.5) is 5.69 Å². The van der Waals surface area contributed by atoms with Crippen LogP contribution >= 0.6 is 0 Å². The predicted molar refractivity (Wildman–Crippen MR) is 115 cm³/mol. The highest BCUT2D eigenvalue weighted by molar-refractivity contribution is 7.89. The average Bonchev–Trinajstić information content (AvgIpc) is 2.67. The van der Waals surface area contributed by atoms with Crippen LogP contribution in [0.5, 0.6) is 5.75 Å². The summed E-state index contributed by atoms with van der Waals surface area (Å²) < 4.78 is 32.5. The molecule has 1 atom stereocenters. The molecule has 7 nitrogen and oxygen atoms in total. The van der Waals surface area contributed by atoms with E-state index in [-0.39, 0.29) is 22.9 Å². The van der Waals surface area contributed by atoms with E-state index in [4.69, 9.17) is 4.74 Å². The third-order valence-corrected chi connectivity index (χ3v) is 5.99.